The number of carbonyl (C=O) groups is 2. The van der Waals surface area contributed by atoms with E-state index >= 15 is 0 Å². The van der Waals surface area contributed by atoms with Crippen LogP contribution in [0.5, 0.6) is 5.75 Å². The number of para-hydroxylation sites is 1. The topological polar surface area (TPSA) is 80.3 Å². The number of rotatable bonds is 8. The largest absolute Gasteiger partial charge is 0.496 e. The molecule has 0 fully saturated rings. The first-order chi connectivity index (χ1) is 12.2. The first-order valence-corrected chi connectivity index (χ1v) is 7.92. The van der Waals surface area contributed by atoms with E-state index < -0.39 is 0 Å². The van der Waals surface area contributed by atoms with E-state index in [2.05, 4.69) is 22.2 Å². The fourth-order valence-corrected chi connectivity index (χ4v) is 2.25. The fourth-order valence-electron chi connectivity index (χ4n) is 2.25. The van der Waals surface area contributed by atoms with Crippen LogP contribution in [0.1, 0.15) is 26.5 Å². The summed E-state index contributed by atoms with van der Waals surface area (Å²) in [6.07, 6.45) is 2.21. The summed E-state index contributed by atoms with van der Waals surface area (Å²) >= 11 is 0. The Balaban J connectivity index is 1.94. The molecule has 2 rings (SSSR count). The summed E-state index contributed by atoms with van der Waals surface area (Å²) in [4.78, 5) is 28.2. The highest BCUT2D eigenvalue weighted by atomic mass is 16.5. The quantitative estimate of drug-likeness (QED) is 0.721. The van der Waals surface area contributed by atoms with E-state index in [1.165, 1.54) is 0 Å². The van der Waals surface area contributed by atoms with Gasteiger partial charge in [-0.1, -0.05) is 30.3 Å². The third-order valence-electron chi connectivity index (χ3n) is 3.49. The first kappa shape index (κ1) is 18.2. The molecule has 0 atom stereocenters. The first-order valence-electron chi connectivity index (χ1n) is 7.92. The fraction of sp³-hybridized carbons (Fsp3) is 0.211. The Kier molecular flexibility index (Phi) is 6.71. The van der Waals surface area contributed by atoms with Crippen molar-refractivity contribution >= 4 is 11.8 Å². The zero-order valence-electron chi connectivity index (χ0n) is 14.1. The second kappa shape index (κ2) is 9.22. The van der Waals surface area contributed by atoms with Crippen molar-refractivity contribution in [2.45, 2.75) is 6.42 Å². The third kappa shape index (κ3) is 5.17. The van der Waals surface area contributed by atoms with E-state index in [0.29, 0.717) is 19.5 Å². The Morgan fingerprint density at radius 1 is 1.08 bits per heavy atom. The molecule has 0 saturated heterocycles. The molecule has 1 heterocycles. The highest BCUT2D eigenvalue weighted by Gasteiger charge is 2.12. The van der Waals surface area contributed by atoms with Crippen LogP contribution in [0.2, 0.25) is 0 Å². The number of methoxy groups -OCH3 is 1. The van der Waals surface area contributed by atoms with Crippen LogP contribution in [0.4, 0.5) is 0 Å². The van der Waals surface area contributed by atoms with Crippen molar-refractivity contribution in [3.8, 4) is 5.75 Å². The Morgan fingerprint density at radius 2 is 1.76 bits per heavy atom. The lowest BCUT2D eigenvalue weighted by molar-refractivity contribution is 0.0946. The summed E-state index contributed by atoms with van der Waals surface area (Å²) in [5, 5.41) is 5.43. The summed E-state index contributed by atoms with van der Waals surface area (Å²) in [6.45, 7) is 4.32. The number of carbonyl (C=O) groups excluding carboxylic acids is 2. The average molecular weight is 339 g/mol. The average Bonchev–Trinajstić information content (AvgIpc) is 2.66. The minimum atomic E-state index is -0.344. The van der Waals surface area contributed by atoms with Gasteiger partial charge in [-0.15, -0.1) is 6.58 Å². The second-order valence-corrected chi connectivity index (χ2v) is 5.22. The van der Waals surface area contributed by atoms with Crippen LogP contribution in [-0.2, 0) is 6.42 Å². The molecule has 1 aromatic heterocycles. The van der Waals surface area contributed by atoms with E-state index in [4.69, 9.17) is 4.74 Å². The molecule has 0 radical (unpaired) electrons. The van der Waals surface area contributed by atoms with Crippen molar-refractivity contribution in [2.24, 2.45) is 0 Å². The van der Waals surface area contributed by atoms with Crippen molar-refractivity contribution in [1.82, 2.24) is 15.6 Å². The summed E-state index contributed by atoms with van der Waals surface area (Å²) in [7, 11) is 1.62. The van der Waals surface area contributed by atoms with Crippen molar-refractivity contribution in [2.75, 3.05) is 20.2 Å². The van der Waals surface area contributed by atoms with Crippen molar-refractivity contribution in [1.29, 1.82) is 0 Å². The maximum Gasteiger partial charge on any atom is 0.270 e. The van der Waals surface area contributed by atoms with Gasteiger partial charge in [0.05, 0.1) is 7.11 Å². The molecule has 0 bridgehead atoms. The maximum absolute atomic E-state index is 12.2. The van der Waals surface area contributed by atoms with Gasteiger partial charge in [0.15, 0.2) is 0 Å². The number of nitrogens with zero attached hydrogens (tertiary/aromatic N) is 1. The predicted molar refractivity (Wildman–Crippen MR) is 95.8 cm³/mol. The van der Waals surface area contributed by atoms with Crippen LogP contribution in [0.15, 0.2) is 55.1 Å². The Bertz CT molecular complexity index is 759. The Labute approximate surface area is 146 Å². The van der Waals surface area contributed by atoms with Gasteiger partial charge in [0.1, 0.15) is 17.1 Å². The van der Waals surface area contributed by atoms with Crippen LogP contribution in [0.3, 0.4) is 0 Å². The summed E-state index contributed by atoms with van der Waals surface area (Å²) < 4.78 is 5.29. The standard InChI is InChI=1S/C19H21N3O3/c1-3-12-20-18(23)15-8-6-9-16(22-15)19(24)21-13-11-14-7-4-5-10-17(14)25-2/h3-10H,1,11-13H2,2H3,(H,20,23)(H,21,24). The monoisotopic (exact) mass is 339 g/mol. The summed E-state index contributed by atoms with van der Waals surface area (Å²) in [5.74, 6) is 0.118. The van der Waals surface area contributed by atoms with E-state index in [1.807, 2.05) is 24.3 Å². The molecule has 0 aliphatic carbocycles. The Hall–Kier alpha value is -3.15. The number of aromatic nitrogens is 1. The van der Waals surface area contributed by atoms with Gasteiger partial charge in [0, 0.05) is 13.1 Å². The maximum atomic E-state index is 12.2. The molecule has 0 spiro atoms. The third-order valence-corrected chi connectivity index (χ3v) is 3.49. The number of pyridine rings is 1. The minimum Gasteiger partial charge on any atom is -0.496 e. The van der Waals surface area contributed by atoms with Crippen LogP contribution < -0.4 is 15.4 Å². The predicted octanol–water partition coefficient (Wildman–Crippen LogP) is 1.98. The lowest BCUT2D eigenvalue weighted by Crippen LogP contribution is -2.28. The van der Waals surface area contributed by atoms with E-state index in [0.717, 1.165) is 11.3 Å². The molecule has 2 aromatic rings. The molecule has 1 aromatic carbocycles. The van der Waals surface area contributed by atoms with Crippen LogP contribution in [0.25, 0.3) is 0 Å². The van der Waals surface area contributed by atoms with E-state index in [-0.39, 0.29) is 23.2 Å². The normalized spacial score (nSPS) is 9.96. The number of ether oxygens (including phenoxy) is 1. The summed E-state index contributed by atoms with van der Waals surface area (Å²) in [5.41, 5.74) is 1.40. The molecule has 6 heteroatoms. The van der Waals surface area contributed by atoms with Crippen LogP contribution >= 0.6 is 0 Å². The minimum absolute atomic E-state index is 0.194. The number of benzene rings is 1. The zero-order valence-corrected chi connectivity index (χ0v) is 14.1. The van der Waals surface area contributed by atoms with Gasteiger partial charge >= 0.3 is 0 Å². The molecule has 130 valence electrons. The summed E-state index contributed by atoms with van der Waals surface area (Å²) in [6, 6.07) is 12.4. The second-order valence-electron chi connectivity index (χ2n) is 5.22. The number of hydrogen-bond donors (Lipinski definition) is 2. The van der Waals surface area contributed by atoms with Crippen LogP contribution in [-0.4, -0.2) is 37.0 Å². The van der Waals surface area contributed by atoms with Gasteiger partial charge in [-0.2, -0.15) is 0 Å². The molecule has 25 heavy (non-hydrogen) atoms. The van der Waals surface area contributed by atoms with Gasteiger partial charge in [-0.25, -0.2) is 4.98 Å². The molecule has 2 amide bonds. The molecule has 0 aliphatic heterocycles. The molecule has 0 saturated carbocycles. The highest BCUT2D eigenvalue weighted by molar-refractivity contribution is 5.96. The number of amides is 2. The lowest BCUT2D eigenvalue weighted by Gasteiger charge is -2.09. The molecule has 0 aliphatic rings. The van der Waals surface area contributed by atoms with E-state index in [1.54, 1.807) is 31.4 Å². The van der Waals surface area contributed by atoms with Gasteiger partial charge in [0.25, 0.3) is 11.8 Å². The highest BCUT2D eigenvalue weighted by Crippen LogP contribution is 2.17. The smallest absolute Gasteiger partial charge is 0.270 e. The lowest BCUT2D eigenvalue weighted by atomic mass is 10.1. The van der Waals surface area contributed by atoms with Gasteiger partial charge in [-0.05, 0) is 30.2 Å². The van der Waals surface area contributed by atoms with E-state index in [9.17, 15) is 9.59 Å². The SMILES string of the molecule is C=CCNC(=O)c1cccc(C(=O)NCCc2ccccc2OC)n1. The molecular weight excluding hydrogens is 318 g/mol. The van der Waals surface area contributed by atoms with Crippen molar-refractivity contribution < 1.29 is 14.3 Å². The van der Waals surface area contributed by atoms with Crippen LogP contribution in [0, 0.1) is 0 Å². The molecular formula is C19H21N3O3. The van der Waals surface area contributed by atoms with Crippen molar-refractivity contribution in [3.63, 3.8) is 0 Å². The van der Waals surface area contributed by atoms with Crippen molar-refractivity contribution in [3.05, 3.63) is 72.1 Å². The molecule has 6 nitrogen and oxygen atoms in total. The van der Waals surface area contributed by atoms with Gasteiger partial charge in [-0.3, -0.25) is 9.59 Å². The van der Waals surface area contributed by atoms with Gasteiger partial charge < -0.3 is 15.4 Å². The Morgan fingerprint density at radius 3 is 2.44 bits per heavy atom. The zero-order chi connectivity index (χ0) is 18.1. The number of hydrogen-bond acceptors (Lipinski definition) is 4. The van der Waals surface area contributed by atoms with Gasteiger partial charge in [0.2, 0.25) is 0 Å². The molecule has 0 unspecified atom stereocenters. The number of nitrogens with one attached hydrogen (secondary N) is 2. The molecule has 2 N–H and O–H groups in total.